The quantitative estimate of drug-likeness (QED) is 0.811. The van der Waals surface area contributed by atoms with Crippen LogP contribution in [0.25, 0.3) is 0 Å². The number of aliphatic hydroxyl groups is 1. The second-order valence-electron chi connectivity index (χ2n) is 6.81. The van der Waals surface area contributed by atoms with Gasteiger partial charge in [0.15, 0.2) is 0 Å². The van der Waals surface area contributed by atoms with Gasteiger partial charge in [0.1, 0.15) is 0 Å². The topological polar surface area (TPSA) is 41.5 Å². The summed E-state index contributed by atoms with van der Waals surface area (Å²) in [5, 5.41) is 14.1. The highest BCUT2D eigenvalue weighted by atomic mass is 35.5. The molecule has 1 aliphatic rings. The fourth-order valence-corrected chi connectivity index (χ4v) is 2.99. The van der Waals surface area contributed by atoms with Crippen LogP contribution in [0.3, 0.4) is 0 Å². The fraction of sp³-hybridized carbons (Fsp3) is 0.647. The van der Waals surface area contributed by atoms with Crippen LogP contribution in [0.2, 0.25) is 5.02 Å². The maximum Gasteiger partial charge on any atom is 0.0897 e. The molecule has 0 saturated heterocycles. The molecule has 1 saturated carbocycles. The molecule has 1 aliphatic carbocycles. The average molecular weight is 312 g/mol. The molecule has 2 N–H and O–H groups in total. The van der Waals surface area contributed by atoms with Crippen LogP contribution in [0.1, 0.15) is 38.7 Å². The minimum absolute atomic E-state index is 0.353. The Morgan fingerprint density at radius 1 is 1.38 bits per heavy atom. The number of halogens is 1. The lowest BCUT2D eigenvalue weighted by Gasteiger charge is -2.19. The fourth-order valence-electron chi connectivity index (χ4n) is 2.87. The van der Waals surface area contributed by atoms with Gasteiger partial charge in [0, 0.05) is 17.6 Å². The molecule has 0 bridgehead atoms. The maximum atomic E-state index is 9.95. The molecule has 4 heteroatoms. The van der Waals surface area contributed by atoms with E-state index >= 15 is 0 Å². The highest BCUT2D eigenvalue weighted by Crippen LogP contribution is 2.36. The van der Waals surface area contributed by atoms with Crippen molar-refractivity contribution in [2.24, 2.45) is 5.41 Å². The Morgan fingerprint density at radius 3 is 2.71 bits per heavy atom. The zero-order valence-corrected chi connectivity index (χ0v) is 13.7. The largest absolute Gasteiger partial charge is 0.389 e. The lowest BCUT2D eigenvalue weighted by atomic mass is 9.92. The van der Waals surface area contributed by atoms with Gasteiger partial charge in [0.05, 0.1) is 19.3 Å². The van der Waals surface area contributed by atoms with E-state index in [0.29, 0.717) is 31.2 Å². The third-order valence-corrected chi connectivity index (χ3v) is 4.35. The molecule has 1 aromatic rings. The predicted molar refractivity (Wildman–Crippen MR) is 86.5 cm³/mol. The molecule has 0 radical (unpaired) electrons. The highest BCUT2D eigenvalue weighted by molar-refractivity contribution is 6.30. The molecule has 0 spiro atoms. The molecular formula is C17H26ClNO2. The summed E-state index contributed by atoms with van der Waals surface area (Å²) in [7, 11) is 0. The van der Waals surface area contributed by atoms with E-state index in [1.165, 1.54) is 19.3 Å². The summed E-state index contributed by atoms with van der Waals surface area (Å²) >= 11 is 5.83. The van der Waals surface area contributed by atoms with E-state index in [1.54, 1.807) is 0 Å². The van der Waals surface area contributed by atoms with Crippen molar-refractivity contribution in [1.29, 1.82) is 0 Å². The first-order valence-electron chi connectivity index (χ1n) is 7.68. The van der Waals surface area contributed by atoms with E-state index in [0.717, 1.165) is 10.6 Å². The van der Waals surface area contributed by atoms with Crippen LogP contribution in [0.15, 0.2) is 24.3 Å². The lowest BCUT2D eigenvalue weighted by molar-refractivity contribution is 0.0275. The third kappa shape index (κ3) is 5.95. The molecule has 0 amide bonds. The molecule has 0 heterocycles. The van der Waals surface area contributed by atoms with Crippen LogP contribution in [-0.4, -0.2) is 30.4 Å². The molecule has 0 aliphatic heterocycles. The molecule has 118 valence electrons. The Labute approximate surface area is 132 Å². The van der Waals surface area contributed by atoms with Gasteiger partial charge in [-0.1, -0.05) is 37.6 Å². The van der Waals surface area contributed by atoms with Crippen LogP contribution < -0.4 is 5.32 Å². The number of aliphatic hydroxyl groups excluding tert-OH is 1. The second kappa shape index (κ2) is 7.59. The van der Waals surface area contributed by atoms with Gasteiger partial charge in [-0.05, 0) is 42.4 Å². The first-order valence-corrected chi connectivity index (χ1v) is 8.06. The van der Waals surface area contributed by atoms with Crippen LogP contribution in [0.4, 0.5) is 0 Å². The minimum Gasteiger partial charge on any atom is -0.389 e. The van der Waals surface area contributed by atoms with Gasteiger partial charge >= 0.3 is 0 Å². The van der Waals surface area contributed by atoms with E-state index < -0.39 is 6.10 Å². The van der Waals surface area contributed by atoms with Crippen molar-refractivity contribution in [3.63, 3.8) is 0 Å². The lowest BCUT2D eigenvalue weighted by Crippen LogP contribution is -2.36. The van der Waals surface area contributed by atoms with Crippen molar-refractivity contribution in [3.8, 4) is 0 Å². The second-order valence-corrected chi connectivity index (χ2v) is 7.24. The van der Waals surface area contributed by atoms with Crippen molar-refractivity contribution in [2.45, 2.75) is 51.9 Å². The summed E-state index contributed by atoms with van der Waals surface area (Å²) in [5.41, 5.74) is 1.50. The summed E-state index contributed by atoms with van der Waals surface area (Å²) in [6.45, 7) is 6.07. The minimum atomic E-state index is -0.457. The SMILES string of the molecule is CC1(C)CCC(NCC(O)COCc2ccc(Cl)cc2)C1. The number of nitrogens with one attached hydrogen (secondary N) is 1. The summed E-state index contributed by atoms with van der Waals surface area (Å²) in [6.07, 6.45) is 3.19. The van der Waals surface area contributed by atoms with E-state index in [9.17, 15) is 5.11 Å². The van der Waals surface area contributed by atoms with E-state index in [2.05, 4.69) is 19.2 Å². The standard InChI is InChI=1S/C17H26ClNO2/c1-17(2)8-7-15(9-17)19-10-16(20)12-21-11-13-3-5-14(18)6-4-13/h3-6,15-16,19-20H,7-12H2,1-2H3. The van der Waals surface area contributed by atoms with Crippen molar-refractivity contribution < 1.29 is 9.84 Å². The van der Waals surface area contributed by atoms with Gasteiger partial charge in [-0.15, -0.1) is 0 Å². The van der Waals surface area contributed by atoms with Crippen molar-refractivity contribution in [3.05, 3.63) is 34.9 Å². The van der Waals surface area contributed by atoms with Crippen molar-refractivity contribution in [2.75, 3.05) is 13.2 Å². The van der Waals surface area contributed by atoms with Crippen LogP contribution in [0, 0.1) is 5.41 Å². The summed E-state index contributed by atoms with van der Waals surface area (Å²) < 4.78 is 5.54. The molecule has 0 aromatic heterocycles. The molecule has 1 aromatic carbocycles. The van der Waals surface area contributed by atoms with Crippen LogP contribution >= 0.6 is 11.6 Å². The molecule has 21 heavy (non-hydrogen) atoms. The Balaban J connectivity index is 1.59. The predicted octanol–water partition coefficient (Wildman–Crippen LogP) is 3.39. The number of benzene rings is 1. The normalized spacial score (nSPS) is 22.4. The first-order chi connectivity index (χ1) is 9.94. The van der Waals surface area contributed by atoms with Gasteiger partial charge < -0.3 is 15.2 Å². The molecule has 2 atom stereocenters. The van der Waals surface area contributed by atoms with Gasteiger partial charge in [-0.25, -0.2) is 0 Å². The molecule has 3 nitrogen and oxygen atoms in total. The zero-order valence-electron chi connectivity index (χ0n) is 12.9. The van der Waals surface area contributed by atoms with Crippen molar-refractivity contribution in [1.82, 2.24) is 5.32 Å². The zero-order chi connectivity index (χ0) is 15.3. The number of ether oxygens (including phenoxy) is 1. The van der Waals surface area contributed by atoms with Gasteiger partial charge in [-0.3, -0.25) is 0 Å². The molecule has 2 unspecified atom stereocenters. The summed E-state index contributed by atoms with van der Waals surface area (Å²) in [4.78, 5) is 0. The summed E-state index contributed by atoms with van der Waals surface area (Å²) in [5.74, 6) is 0. The number of hydrogen-bond acceptors (Lipinski definition) is 3. The van der Waals surface area contributed by atoms with E-state index in [1.807, 2.05) is 24.3 Å². The average Bonchev–Trinajstić information content (AvgIpc) is 2.78. The maximum absolute atomic E-state index is 9.95. The van der Waals surface area contributed by atoms with Gasteiger partial charge in [-0.2, -0.15) is 0 Å². The smallest absolute Gasteiger partial charge is 0.0897 e. The highest BCUT2D eigenvalue weighted by Gasteiger charge is 2.30. The number of rotatable bonds is 7. The third-order valence-electron chi connectivity index (χ3n) is 4.10. The Morgan fingerprint density at radius 2 is 2.10 bits per heavy atom. The van der Waals surface area contributed by atoms with Crippen LogP contribution in [-0.2, 0) is 11.3 Å². The van der Waals surface area contributed by atoms with E-state index in [-0.39, 0.29) is 0 Å². The Hall–Kier alpha value is -0.610. The molecule has 2 rings (SSSR count). The van der Waals surface area contributed by atoms with Crippen LogP contribution in [0.5, 0.6) is 0 Å². The van der Waals surface area contributed by atoms with E-state index in [4.69, 9.17) is 16.3 Å². The van der Waals surface area contributed by atoms with Gasteiger partial charge in [0.2, 0.25) is 0 Å². The Kier molecular flexibility index (Phi) is 6.06. The van der Waals surface area contributed by atoms with Crippen molar-refractivity contribution >= 4 is 11.6 Å². The monoisotopic (exact) mass is 311 g/mol. The Bertz CT molecular complexity index is 433. The number of hydrogen-bond donors (Lipinski definition) is 2. The van der Waals surface area contributed by atoms with Gasteiger partial charge in [0.25, 0.3) is 0 Å². The molecule has 1 fully saturated rings. The molecular weight excluding hydrogens is 286 g/mol. The first kappa shape index (κ1) is 16.8. The summed E-state index contributed by atoms with van der Waals surface area (Å²) in [6, 6.07) is 8.10.